The summed E-state index contributed by atoms with van der Waals surface area (Å²) in [4.78, 5) is 20.2. The van der Waals surface area contributed by atoms with Crippen molar-refractivity contribution in [1.82, 2.24) is 9.97 Å². The molecule has 1 heterocycles. The summed E-state index contributed by atoms with van der Waals surface area (Å²) in [6.45, 7) is 0. The van der Waals surface area contributed by atoms with Gasteiger partial charge in [-0.25, -0.2) is 4.98 Å². The minimum absolute atomic E-state index is 0.178. The summed E-state index contributed by atoms with van der Waals surface area (Å²) in [5.74, 6) is -1.01. The number of nitrogens with zero attached hydrogens (tertiary/aromatic N) is 3. The molecule has 0 atom stereocenters. The maximum Gasteiger partial charge on any atom is 0.266 e. The van der Waals surface area contributed by atoms with Crippen molar-refractivity contribution in [2.24, 2.45) is 0 Å². The van der Waals surface area contributed by atoms with Crippen LogP contribution in [0.15, 0.2) is 72.4 Å². The Morgan fingerprint density at radius 1 is 1.15 bits per heavy atom. The van der Waals surface area contributed by atoms with Gasteiger partial charge in [0.1, 0.15) is 23.1 Å². The van der Waals surface area contributed by atoms with Gasteiger partial charge >= 0.3 is 0 Å². The van der Waals surface area contributed by atoms with E-state index in [1.165, 1.54) is 13.2 Å². The molecule has 0 spiro atoms. The van der Waals surface area contributed by atoms with Crippen LogP contribution in [0.1, 0.15) is 5.56 Å². The van der Waals surface area contributed by atoms with Crippen LogP contribution in [0, 0.1) is 17.1 Å². The van der Waals surface area contributed by atoms with Crippen molar-refractivity contribution in [3.63, 3.8) is 0 Å². The van der Waals surface area contributed by atoms with Crippen LogP contribution < -0.4 is 14.8 Å². The van der Waals surface area contributed by atoms with Gasteiger partial charge in [-0.05, 0) is 58.8 Å². The minimum Gasteiger partial charge on any atom is -0.497 e. The van der Waals surface area contributed by atoms with Crippen LogP contribution in [-0.4, -0.2) is 23.0 Å². The van der Waals surface area contributed by atoms with Gasteiger partial charge in [-0.3, -0.25) is 4.79 Å². The van der Waals surface area contributed by atoms with Gasteiger partial charge in [0.05, 0.1) is 13.3 Å². The van der Waals surface area contributed by atoms with E-state index in [4.69, 9.17) is 21.1 Å². The topological polar surface area (TPSA) is 97.1 Å². The van der Waals surface area contributed by atoms with Crippen molar-refractivity contribution >= 4 is 40.0 Å². The van der Waals surface area contributed by atoms with Gasteiger partial charge in [0, 0.05) is 11.3 Å². The fourth-order valence-corrected chi connectivity index (χ4v) is 3.31. The zero-order chi connectivity index (χ0) is 24.1. The lowest BCUT2D eigenvalue weighted by atomic mass is 10.0. The van der Waals surface area contributed by atoms with E-state index in [-0.39, 0.29) is 22.5 Å². The number of amides is 1. The molecule has 4 rings (SSSR count). The molecule has 0 radical (unpaired) electrons. The quantitative estimate of drug-likeness (QED) is 0.216. The molecule has 1 N–H and O–H groups in total. The van der Waals surface area contributed by atoms with Crippen molar-refractivity contribution in [2.45, 2.75) is 0 Å². The molecule has 0 fully saturated rings. The molecule has 1 amide bonds. The Hall–Kier alpha value is -4.48. The molecule has 34 heavy (non-hydrogen) atoms. The number of methoxy groups -OCH3 is 1. The number of ether oxygens (including phenoxy) is 2. The summed E-state index contributed by atoms with van der Waals surface area (Å²) in [5, 5.41) is 13.7. The Morgan fingerprint density at radius 3 is 2.65 bits per heavy atom. The fraction of sp³-hybridized carbons (Fsp3) is 0.0400. The number of nitriles is 1. The summed E-state index contributed by atoms with van der Waals surface area (Å²) in [7, 11) is 1.54. The molecule has 0 unspecified atom stereocenters. The van der Waals surface area contributed by atoms with E-state index in [0.717, 1.165) is 11.6 Å². The van der Waals surface area contributed by atoms with Crippen LogP contribution in [0.25, 0.3) is 16.8 Å². The van der Waals surface area contributed by atoms with Gasteiger partial charge in [0.15, 0.2) is 0 Å². The maximum absolute atomic E-state index is 14.2. The summed E-state index contributed by atoms with van der Waals surface area (Å²) >= 11 is 5.78. The average molecular weight is 475 g/mol. The number of halogens is 2. The van der Waals surface area contributed by atoms with E-state index in [0.29, 0.717) is 22.4 Å². The van der Waals surface area contributed by atoms with E-state index >= 15 is 0 Å². The fourth-order valence-electron chi connectivity index (χ4n) is 3.19. The van der Waals surface area contributed by atoms with Crippen LogP contribution in [0.5, 0.6) is 17.4 Å². The Labute approximate surface area is 199 Å². The van der Waals surface area contributed by atoms with Crippen LogP contribution in [-0.2, 0) is 4.79 Å². The van der Waals surface area contributed by atoms with E-state index in [2.05, 4.69) is 15.3 Å². The highest BCUT2D eigenvalue weighted by atomic mass is 35.5. The predicted molar refractivity (Wildman–Crippen MR) is 126 cm³/mol. The number of carbonyl (C=O) groups excluding carboxylic acids is 1. The Morgan fingerprint density at radius 2 is 1.91 bits per heavy atom. The number of rotatable bonds is 6. The molecule has 0 aliphatic carbocycles. The van der Waals surface area contributed by atoms with Gasteiger partial charge in [-0.1, -0.05) is 30.3 Å². The van der Waals surface area contributed by atoms with E-state index < -0.39 is 11.7 Å². The SMILES string of the molecule is COc1ccc(NC(=O)/C(C#N)=C/c2c(Oc3nc(Cl)ncc3F)ccc3ccccc23)cc1. The summed E-state index contributed by atoms with van der Waals surface area (Å²) in [6, 6.07) is 19.3. The van der Waals surface area contributed by atoms with Crippen molar-refractivity contribution in [2.75, 3.05) is 12.4 Å². The monoisotopic (exact) mass is 474 g/mol. The highest BCUT2D eigenvalue weighted by Crippen LogP contribution is 2.34. The van der Waals surface area contributed by atoms with Gasteiger partial charge in [-0.2, -0.15) is 14.6 Å². The molecule has 0 bridgehead atoms. The Bertz CT molecular complexity index is 1450. The molecule has 0 saturated carbocycles. The zero-order valence-corrected chi connectivity index (χ0v) is 18.5. The lowest BCUT2D eigenvalue weighted by Crippen LogP contribution is -2.13. The van der Waals surface area contributed by atoms with Crippen LogP contribution in [0.2, 0.25) is 5.28 Å². The molecule has 1 aromatic heterocycles. The highest BCUT2D eigenvalue weighted by molar-refractivity contribution is 6.28. The van der Waals surface area contributed by atoms with Gasteiger partial charge in [0.2, 0.25) is 11.1 Å². The number of hydrogen-bond acceptors (Lipinski definition) is 6. The molecule has 0 aliphatic heterocycles. The third-order valence-electron chi connectivity index (χ3n) is 4.82. The average Bonchev–Trinajstić information content (AvgIpc) is 2.86. The standard InChI is InChI=1S/C25H16ClFN4O3/c1-33-18-9-7-17(8-10-18)30-23(32)16(13-28)12-20-19-5-3-2-4-15(19)6-11-22(20)34-24-21(27)14-29-25(26)31-24/h2-12,14H,1H3,(H,30,32)/b16-12+. The summed E-state index contributed by atoms with van der Waals surface area (Å²) < 4.78 is 25.0. The molecule has 3 aromatic carbocycles. The number of nitrogens with one attached hydrogen (secondary N) is 1. The first-order valence-electron chi connectivity index (χ1n) is 9.93. The second-order valence-corrected chi connectivity index (χ2v) is 7.28. The number of fused-ring (bicyclic) bond motifs is 1. The van der Waals surface area contributed by atoms with Crippen LogP contribution in [0.4, 0.5) is 10.1 Å². The normalized spacial score (nSPS) is 11.1. The number of carbonyl (C=O) groups is 1. The van der Waals surface area contributed by atoms with Crippen molar-refractivity contribution in [3.05, 3.63) is 89.1 Å². The first-order chi connectivity index (χ1) is 16.5. The Kier molecular flexibility index (Phi) is 6.67. The van der Waals surface area contributed by atoms with E-state index in [1.807, 2.05) is 18.2 Å². The number of anilines is 1. The number of aromatic nitrogens is 2. The second kappa shape index (κ2) is 9.98. The van der Waals surface area contributed by atoms with Crippen LogP contribution >= 0.6 is 11.6 Å². The molecule has 168 valence electrons. The summed E-state index contributed by atoms with van der Waals surface area (Å²) in [6.07, 6.45) is 2.28. The smallest absolute Gasteiger partial charge is 0.266 e. The van der Waals surface area contributed by atoms with Gasteiger partial charge in [-0.15, -0.1) is 0 Å². The molecular formula is C25H16ClFN4O3. The first kappa shape index (κ1) is 22.7. The first-order valence-corrected chi connectivity index (χ1v) is 10.3. The van der Waals surface area contributed by atoms with Crippen molar-refractivity contribution in [1.29, 1.82) is 5.26 Å². The van der Waals surface area contributed by atoms with Crippen LogP contribution in [0.3, 0.4) is 0 Å². The minimum atomic E-state index is -0.815. The molecule has 7 nitrogen and oxygen atoms in total. The number of benzene rings is 3. The largest absolute Gasteiger partial charge is 0.497 e. The Balaban J connectivity index is 1.75. The predicted octanol–water partition coefficient (Wildman–Crippen LogP) is 5.77. The molecule has 4 aromatic rings. The summed E-state index contributed by atoms with van der Waals surface area (Å²) in [5.41, 5.74) is 0.700. The third kappa shape index (κ3) is 4.95. The number of hydrogen-bond donors (Lipinski definition) is 1. The van der Waals surface area contributed by atoms with Gasteiger partial charge in [0.25, 0.3) is 11.8 Å². The van der Waals surface area contributed by atoms with E-state index in [9.17, 15) is 14.4 Å². The third-order valence-corrected chi connectivity index (χ3v) is 5.00. The zero-order valence-electron chi connectivity index (χ0n) is 17.8. The molecular weight excluding hydrogens is 459 g/mol. The lowest BCUT2D eigenvalue weighted by Gasteiger charge is -2.12. The van der Waals surface area contributed by atoms with E-state index in [1.54, 1.807) is 48.5 Å². The van der Waals surface area contributed by atoms with Crippen molar-refractivity contribution < 1.29 is 18.7 Å². The molecule has 0 saturated heterocycles. The maximum atomic E-state index is 14.2. The van der Waals surface area contributed by atoms with Crippen molar-refractivity contribution in [3.8, 4) is 23.4 Å². The molecule has 0 aliphatic rings. The van der Waals surface area contributed by atoms with Gasteiger partial charge < -0.3 is 14.8 Å². The second-order valence-electron chi connectivity index (χ2n) is 6.95. The lowest BCUT2D eigenvalue weighted by molar-refractivity contribution is -0.112. The highest BCUT2D eigenvalue weighted by Gasteiger charge is 2.16. The molecule has 9 heteroatoms.